The van der Waals surface area contributed by atoms with Crippen LogP contribution in [-0.4, -0.2) is 13.0 Å². The number of hydrogen-bond donors (Lipinski definition) is 1. The summed E-state index contributed by atoms with van der Waals surface area (Å²) in [7, 11) is 1.57. The first-order valence-corrected chi connectivity index (χ1v) is 4.73. The van der Waals surface area contributed by atoms with Gasteiger partial charge >= 0.3 is 0 Å². The molecule has 14 heavy (non-hydrogen) atoms. The molecular formula is C10H10BrNO2. The van der Waals surface area contributed by atoms with Crippen LogP contribution in [-0.2, 0) is 4.79 Å². The van der Waals surface area contributed by atoms with Gasteiger partial charge < -0.3 is 10.1 Å². The average Bonchev–Trinajstić information content (AvgIpc) is 2.20. The number of carbonyl (C=O) groups is 1. The maximum absolute atomic E-state index is 11.0. The van der Waals surface area contributed by atoms with Crippen molar-refractivity contribution >= 4 is 27.5 Å². The number of hydrogen-bond acceptors (Lipinski definition) is 2. The molecule has 0 saturated heterocycles. The second-order valence-corrected chi connectivity index (χ2v) is 3.40. The number of rotatable bonds is 3. The number of methoxy groups -OCH3 is 1. The molecule has 0 fully saturated rings. The Balaban J connectivity index is 2.89. The Bertz CT molecular complexity index is 363. The lowest BCUT2D eigenvalue weighted by atomic mass is 10.3. The average molecular weight is 256 g/mol. The zero-order chi connectivity index (χ0) is 10.6. The highest BCUT2D eigenvalue weighted by Crippen LogP contribution is 2.27. The third kappa shape index (κ3) is 2.60. The first-order chi connectivity index (χ1) is 6.67. The smallest absolute Gasteiger partial charge is 0.247 e. The number of ether oxygens (including phenoxy) is 1. The predicted octanol–water partition coefficient (Wildman–Crippen LogP) is 2.58. The van der Waals surface area contributed by atoms with Crippen LogP contribution in [0.4, 0.5) is 5.69 Å². The van der Waals surface area contributed by atoms with E-state index in [1.54, 1.807) is 25.3 Å². The number of halogens is 1. The van der Waals surface area contributed by atoms with Gasteiger partial charge in [-0.1, -0.05) is 6.58 Å². The van der Waals surface area contributed by atoms with Crippen molar-refractivity contribution < 1.29 is 9.53 Å². The monoisotopic (exact) mass is 255 g/mol. The Labute approximate surface area is 90.9 Å². The van der Waals surface area contributed by atoms with E-state index in [-0.39, 0.29) is 5.91 Å². The topological polar surface area (TPSA) is 38.3 Å². The summed E-state index contributed by atoms with van der Waals surface area (Å²) in [5.41, 5.74) is 0.676. The van der Waals surface area contributed by atoms with Crippen molar-refractivity contribution in [3.8, 4) is 5.75 Å². The van der Waals surface area contributed by atoms with Crippen molar-refractivity contribution in [2.75, 3.05) is 12.4 Å². The third-order valence-corrected chi connectivity index (χ3v) is 2.26. The summed E-state index contributed by atoms with van der Waals surface area (Å²) < 4.78 is 5.92. The van der Waals surface area contributed by atoms with Crippen molar-refractivity contribution in [2.24, 2.45) is 0 Å². The van der Waals surface area contributed by atoms with Gasteiger partial charge in [-0.2, -0.15) is 0 Å². The van der Waals surface area contributed by atoms with Crippen LogP contribution in [0, 0.1) is 0 Å². The summed E-state index contributed by atoms with van der Waals surface area (Å²) in [6, 6.07) is 5.30. The lowest BCUT2D eigenvalue weighted by molar-refractivity contribution is -0.111. The molecule has 0 aliphatic carbocycles. The Morgan fingerprint density at radius 1 is 1.64 bits per heavy atom. The summed E-state index contributed by atoms with van der Waals surface area (Å²) in [6.07, 6.45) is 1.22. The molecule has 0 aliphatic rings. The van der Waals surface area contributed by atoms with E-state index in [0.717, 1.165) is 4.47 Å². The number of amides is 1. The van der Waals surface area contributed by atoms with Crippen LogP contribution in [0.25, 0.3) is 0 Å². The fourth-order valence-electron chi connectivity index (χ4n) is 0.931. The molecule has 1 N–H and O–H groups in total. The van der Waals surface area contributed by atoms with Crippen molar-refractivity contribution in [1.82, 2.24) is 0 Å². The van der Waals surface area contributed by atoms with E-state index in [2.05, 4.69) is 27.8 Å². The van der Waals surface area contributed by atoms with Gasteiger partial charge in [0, 0.05) is 11.8 Å². The van der Waals surface area contributed by atoms with Crippen molar-refractivity contribution in [1.29, 1.82) is 0 Å². The highest BCUT2D eigenvalue weighted by atomic mass is 79.9. The molecule has 4 heteroatoms. The minimum atomic E-state index is -0.241. The molecule has 0 heterocycles. The van der Waals surface area contributed by atoms with E-state index in [1.165, 1.54) is 6.08 Å². The normalized spacial score (nSPS) is 9.29. The minimum Gasteiger partial charge on any atom is -0.495 e. The van der Waals surface area contributed by atoms with Crippen LogP contribution in [0.15, 0.2) is 35.3 Å². The van der Waals surface area contributed by atoms with E-state index < -0.39 is 0 Å². The molecule has 0 atom stereocenters. The van der Waals surface area contributed by atoms with E-state index in [0.29, 0.717) is 11.4 Å². The predicted molar refractivity (Wildman–Crippen MR) is 59.5 cm³/mol. The van der Waals surface area contributed by atoms with Gasteiger partial charge in [-0.05, 0) is 34.1 Å². The first-order valence-electron chi connectivity index (χ1n) is 3.94. The molecule has 0 aromatic heterocycles. The maximum atomic E-state index is 11.0. The molecular weight excluding hydrogens is 246 g/mol. The molecule has 0 saturated carbocycles. The van der Waals surface area contributed by atoms with Crippen molar-refractivity contribution in [3.05, 3.63) is 35.3 Å². The summed E-state index contributed by atoms with van der Waals surface area (Å²) in [6.45, 7) is 3.36. The summed E-state index contributed by atoms with van der Waals surface area (Å²) in [5, 5.41) is 2.64. The summed E-state index contributed by atoms with van der Waals surface area (Å²) >= 11 is 3.32. The Morgan fingerprint density at radius 3 is 2.93 bits per heavy atom. The van der Waals surface area contributed by atoms with Crippen LogP contribution >= 0.6 is 15.9 Å². The zero-order valence-electron chi connectivity index (χ0n) is 7.71. The Kier molecular flexibility index (Phi) is 3.71. The highest BCUT2D eigenvalue weighted by Gasteiger charge is 2.02. The molecule has 0 radical (unpaired) electrons. The van der Waals surface area contributed by atoms with Crippen molar-refractivity contribution in [2.45, 2.75) is 0 Å². The zero-order valence-corrected chi connectivity index (χ0v) is 9.30. The number of nitrogens with one attached hydrogen (secondary N) is 1. The third-order valence-electron chi connectivity index (χ3n) is 1.60. The second kappa shape index (κ2) is 4.81. The van der Waals surface area contributed by atoms with Crippen LogP contribution < -0.4 is 10.1 Å². The van der Waals surface area contributed by atoms with Gasteiger partial charge in [-0.25, -0.2) is 0 Å². The molecule has 0 bridgehead atoms. The molecule has 0 aliphatic heterocycles. The largest absolute Gasteiger partial charge is 0.495 e. The standard InChI is InChI=1S/C10H10BrNO2/c1-3-10(13)12-7-4-5-8(11)9(6-7)14-2/h3-6H,1H2,2H3,(H,12,13). The maximum Gasteiger partial charge on any atom is 0.247 e. The van der Waals surface area contributed by atoms with Gasteiger partial charge in [0.15, 0.2) is 0 Å². The van der Waals surface area contributed by atoms with Gasteiger partial charge in [0.2, 0.25) is 5.91 Å². The van der Waals surface area contributed by atoms with Crippen LogP contribution in [0.1, 0.15) is 0 Å². The Hall–Kier alpha value is -1.29. The lowest BCUT2D eigenvalue weighted by Gasteiger charge is -2.06. The van der Waals surface area contributed by atoms with Crippen LogP contribution in [0.3, 0.4) is 0 Å². The molecule has 1 amide bonds. The minimum absolute atomic E-state index is 0.241. The van der Waals surface area contributed by atoms with Gasteiger partial charge in [0.1, 0.15) is 5.75 Å². The lowest BCUT2D eigenvalue weighted by Crippen LogP contribution is -2.07. The Morgan fingerprint density at radius 2 is 2.36 bits per heavy atom. The van der Waals surface area contributed by atoms with Crippen LogP contribution in [0.5, 0.6) is 5.75 Å². The summed E-state index contributed by atoms with van der Waals surface area (Å²) in [5.74, 6) is 0.432. The van der Waals surface area contributed by atoms with Gasteiger partial charge in [0.05, 0.1) is 11.6 Å². The summed E-state index contributed by atoms with van der Waals surface area (Å²) in [4.78, 5) is 11.0. The molecule has 1 rings (SSSR count). The number of anilines is 1. The second-order valence-electron chi connectivity index (χ2n) is 2.54. The van der Waals surface area contributed by atoms with E-state index in [4.69, 9.17) is 4.74 Å². The number of benzene rings is 1. The van der Waals surface area contributed by atoms with Gasteiger partial charge in [-0.15, -0.1) is 0 Å². The quantitative estimate of drug-likeness (QED) is 0.844. The highest BCUT2D eigenvalue weighted by molar-refractivity contribution is 9.10. The van der Waals surface area contributed by atoms with Gasteiger partial charge in [0.25, 0.3) is 0 Å². The molecule has 74 valence electrons. The van der Waals surface area contributed by atoms with E-state index in [1.807, 2.05) is 0 Å². The van der Waals surface area contributed by atoms with E-state index >= 15 is 0 Å². The fraction of sp³-hybridized carbons (Fsp3) is 0.100. The molecule has 0 spiro atoms. The molecule has 3 nitrogen and oxygen atoms in total. The fourth-order valence-corrected chi connectivity index (χ4v) is 1.34. The number of carbonyl (C=O) groups excluding carboxylic acids is 1. The molecule has 0 unspecified atom stereocenters. The van der Waals surface area contributed by atoms with E-state index in [9.17, 15) is 4.79 Å². The van der Waals surface area contributed by atoms with Gasteiger partial charge in [-0.3, -0.25) is 4.79 Å². The van der Waals surface area contributed by atoms with Crippen molar-refractivity contribution in [3.63, 3.8) is 0 Å². The van der Waals surface area contributed by atoms with Crippen LogP contribution in [0.2, 0.25) is 0 Å². The SMILES string of the molecule is C=CC(=O)Nc1ccc(Br)c(OC)c1. The molecule has 1 aromatic rings. The first kappa shape index (κ1) is 10.8. The molecule has 1 aromatic carbocycles.